The molecule has 0 saturated heterocycles. The lowest BCUT2D eigenvalue weighted by molar-refractivity contribution is -0.384. The summed E-state index contributed by atoms with van der Waals surface area (Å²) in [5, 5.41) is 13.2. The van der Waals surface area contributed by atoms with Crippen LogP contribution in [0.25, 0.3) is 5.13 Å². The number of hydrogen-bond acceptors (Lipinski definition) is 7. The predicted octanol–water partition coefficient (Wildman–Crippen LogP) is 3.50. The molecule has 27 heavy (non-hydrogen) atoms. The van der Waals surface area contributed by atoms with Crippen LogP contribution < -0.4 is 0 Å². The molecular weight excluding hydrogens is 370 g/mol. The van der Waals surface area contributed by atoms with Crippen LogP contribution in [0, 0.1) is 24.0 Å². The number of nitro groups is 1. The van der Waals surface area contributed by atoms with Gasteiger partial charge in [-0.25, -0.2) is 9.78 Å². The first-order chi connectivity index (χ1) is 12.9. The third kappa shape index (κ3) is 3.77. The molecule has 0 radical (unpaired) electrons. The van der Waals surface area contributed by atoms with E-state index in [1.54, 1.807) is 19.2 Å². The van der Waals surface area contributed by atoms with E-state index >= 15 is 0 Å². The maximum Gasteiger partial charge on any atom is 0.338 e. The lowest BCUT2D eigenvalue weighted by Gasteiger charge is -2.06. The number of carbonyl (C=O) groups excluding carboxylic acids is 2. The van der Waals surface area contributed by atoms with Gasteiger partial charge in [-0.2, -0.15) is 0 Å². The number of aryl methyl sites for hydroxylation is 1. The monoisotopic (exact) mass is 385 g/mol. The van der Waals surface area contributed by atoms with Crippen molar-refractivity contribution in [3.63, 3.8) is 0 Å². The van der Waals surface area contributed by atoms with Crippen LogP contribution in [0.3, 0.4) is 0 Å². The fourth-order valence-electron chi connectivity index (χ4n) is 2.68. The van der Waals surface area contributed by atoms with Crippen molar-refractivity contribution in [2.24, 2.45) is 0 Å². The van der Waals surface area contributed by atoms with Gasteiger partial charge in [0.15, 0.2) is 11.7 Å². The van der Waals surface area contributed by atoms with Crippen LogP contribution >= 0.6 is 11.3 Å². The van der Waals surface area contributed by atoms with Gasteiger partial charge in [0.25, 0.3) is 5.69 Å². The Morgan fingerprint density at radius 3 is 2.56 bits per heavy atom. The molecule has 0 spiro atoms. The summed E-state index contributed by atoms with van der Waals surface area (Å²) in [7, 11) is 0. The molecule has 0 N–H and O–H groups in total. The quantitative estimate of drug-likeness (QED) is 0.278. The fraction of sp³-hybridized carbons (Fsp3) is 0.167. The Labute approximate surface area is 158 Å². The van der Waals surface area contributed by atoms with Crippen LogP contribution in [-0.4, -0.2) is 32.8 Å². The van der Waals surface area contributed by atoms with Crippen molar-refractivity contribution in [3.05, 3.63) is 74.5 Å². The summed E-state index contributed by atoms with van der Waals surface area (Å²) in [4.78, 5) is 38.9. The molecule has 0 saturated carbocycles. The van der Waals surface area contributed by atoms with E-state index < -0.39 is 17.5 Å². The van der Waals surface area contributed by atoms with E-state index in [0.29, 0.717) is 5.56 Å². The number of thiazole rings is 1. The van der Waals surface area contributed by atoms with Crippen molar-refractivity contribution in [3.8, 4) is 5.13 Å². The SMILES string of the molecule is Cc1cc(C(=O)COC(=O)c2ccc([N+](=O)[O-])cc2)c(C)n1-c1nccs1. The minimum atomic E-state index is -0.716. The number of aromatic nitrogens is 2. The van der Waals surface area contributed by atoms with Crippen LogP contribution in [0.4, 0.5) is 5.69 Å². The molecule has 138 valence electrons. The molecule has 0 fully saturated rings. The summed E-state index contributed by atoms with van der Waals surface area (Å²) in [5.74, 6) is -1.05. The van der Waals surface area contributed by atoms with Crippen LogP contribution in [-0.2, 0) is 4.74 Å². The predicted molar refractivity (Wildman–Crippen MR) is 98.6 cm³/mol. The molecule has 0 unspecified atom stereocenters. The van der Waals surface area contributed by atoms with Gasteiger partial charge in [0.2, 0.25) is 5.78 Å². The largest absolute Gasteiger partial charge is 0.454 e. The van der Waals surface area contributed by atoms with Gasteiger partial charge in [-0.15, -0.1) is 11.3 Å². The number of ketones is 1. The number of esters is 1. The average molecular weight is 385 g/mol. The third-order valence-electron chi connectivity index (χ3n) is 3.99. The molecule has 2 aromatic heterocycles. The Balaban J connectivity index is 1.70. The Morgan fingerprint density at radius 1 is 1.26 bits per heavy atom. The van der Waals surface area contributed by atoms with Crippen LogP contribution in [0.5, 0.6) is 0 Å². The Kier molecular flexibility index (Phi) is 5.13. The van der Waals surface area contributed by atoms with E-state index in [-0.39, 0.29) is 17.0 Å². The molecule has 3 aromatic rings. The highest BCUT2D eigenvalue weighted by atomic mass is 32.1. The summed E-state index contributed by atoms with van der Waals surface area (Å²) in [5.41, 5.74) is 2.05. The molecule has 0 amide bonds. The highest BCUT2D eigenvalue weighted by Crippen LogP contribution is 2.22. The summed E-state index contributed by atoms with van der Waals surface area (Å²) in [6, 6.07) is 6.73. The van der Waals surface area contributed by atoms with Crippen molar-refractivity contribution in [1.29, 1.82) is 0 Å². The lowest BCUT2D eigenvalue weighted by atomic mass is 10.1. The van der Waals surface area contributed by atoms with Gasteiger partial charge in [-0.05, 0) is 32.0 Å². The minimum absolute atomic E-state index is 0.128. The second kappa shape index (κ2) is 7.50. The molecule has 1 aromatic carbocycles. The standard InChI is InChI=1S/C18H15N3O5S/c1-11-9-15(12(2)20(11)18-19-7-8-27-18)16(22)10-26-17(23)13-3-5-14(6-4-13)21(24)25/h3-9H,10H2,1-2H3. The van der Waals surface area contributed by atoms with E-state index in [0.717, 1.165) is 16.5 Å². The number of non-ortho nitro benzene ring substituents is 1. The molecule has 0 bridgehead atoms. The Bertz CT molecular complexity index is 1010. The first kappa shape index (κ1) is 18.5. The lowest BCUT2D eigenvalue weighted by Crippen LogP contribution is -2.15. The van der Waals surface area contributed by atoms with Gasteiger partial charge in [0.1, 0.15) is 0 Å². The first-order valence-electron chi connectivity index (χ1n) is 7.92. The zero-order valence-corrected chi connectivity index (χ0v) is 15.4. The zero-order chi connectivity index (χ0) is 19.6. The van der Waals surface area contributed by atoms with Crippen molar-refractivity contribution >= 4 is 28.8 Å². The highest BCUT2D eigenvalue weighted by Gasteiger charge is 2.19. The van der Waals surface area contributed by atoms with Gasteiger partial charge in [0, 0.05) is 40.7 Å². The summed E-state index contributed by atoms with van der Waals surface area (Å²) in [6.07, 6.45) is 1.69. The molecular formula is C18H15N3O5S. The zero-order valence-electron chi connectivity index (χ0n) is 14.5. The fourth-order valence-corrected chi connectivity index (χ4v) is 3.43. The smallest absolute Gasteiger partial charge is 0.338 e. The van der Waals surface area contributed by atoms with Gasteiger partial charge in [-0.3, -0.25) is 19.5 Å². The maximum absolute atomic E-state index is 12.5. The molecule has 0 aliphatic heterocycles. The minimum Gasteiger partial charge on any atom is -0.454 e. The number of carbonyl (C=O) groups is 2. The summed E-state index contributed by atoms with van der Waals surface area (Å²) < 4.78 is 6.93. The Hall–Kier alpha value is -3.33. The van der Waals surface area contributed by atoms with Gasteiger partial charge < -0.3 is 4.74 Å². The summed E-state index contributed by atoms with van der Waals surface area (Å²) >= 11 is 1.46. The highest BCUT2D eigenvalue weighted by molar-refractivity contribution is 7.12. The van der Waals surface area contributed by atoms with E-state index in [9.17, 15) is 19.7 Å². The first-order valence-corrected chi connectivity index (χ1v) is 8.80. The Morgan fingerprint density at radius 2 is 1.96 bits per heavy atom. The number of Topliss-reactive ketones (excluding diaryl/α,β-unsaturated/α-hetero) is 1. The van der Waals surface area contributed by atoms with Gasteiger partial charge in [-0.1, -0.05) is 0 Å². The van der Waals surface area contributed by atoms with Gasteiger partial charge >= 0.3 is 5.97 Å². The molecule has 8 nitrogen and oxygen atoms in total. The molecule has 0 aliphatic carbocycles. The molecule has 3 rings (SSSR count). The normalized spacial score (nSPS) is 10.6. The van der Waals surface area contributed by atoms with Crippen molar-refractivity contribution < 1.29 is 19.2 Å². The number of nitro benzene ring substituents is 1. The third-order valence-corrected chi connectivity index (χ3v) is 4.75. The number of nitrogens with zero attached hydrogens (tertiary/aromatic N) is 3. The topological polar surface area (TPSA) is 104 Å². The van der Waals surface area contributed by atoms with E-state index in [1.165, 1.54) is 35.6 Å². The molecule has 0 aliphatic rings. The van der Waals surface area contributed by atoms with Crippen molar-refractivity contribution in [1.82, 2.24) is 9.55 Å². The van der Waals surface area contributed by atoms with Crippen LogP contribution in [0.15, 0.2) is 41.9 Å². The average Bonchev–Trinajstić information content (AvgIpc) is 3.27. The second-order valence-corrected chi connectivity index (χ2v) is 6.61. The van der Waals surface area contributed by atoms with Crippen LogP contribution in [0.1, 0.15) is 32.1 Å². The van der Waals surface area contributed by atoms with E-state index in [1.807, 2.05) is 16.9 Å². The molecule has 0 atom stereocenters. The number of benzene rings is 1. The van der Waals surface area contributed by atoms with Crippen molar-refractivity contribution in [2.75, 3.05) is 6.61 Å². The van der Waals surface area contributed by atoms with Crippen LogP contribution in [0.2, 0.25) is 0 Å². The van der Waals surface area contributed by atoms with Crippen molar-refractivity contribution in [2.45, 2.75) is 13.8 Å². The summed E-state index contributed by atoms with van der Waals surface area (Å²) in [6.45, 7) is 3.26. The number of ether oxygens (including phenoxy) is 1. The van der Waals surface area contributed by atoms with E-state index in [2.05, 4.69) is 4.98 Å². The number of hydrogen-bond donors (Lipinski definition) is 0. The second-order valence-electron chi connectivity index (χ2n) is 5.74. The van der Waals surface area contributed by atoms with Gasteiger partial charge in [0.05, 0.1) is 10.5 Å². The van der Waals surface area contributed by atoms with E-state index in [4.69, 9.17) is 4.74 Å². The number of rotatable bonds is 6. The molecule has 9 heteroatoms. The molecule has 2 heterocycles. The maximum atomic E-state index is 12.5.